The summed E-state index contributed by atoms with van der Waals surface area (Å²) in [6, 6.07) is 9.71. The van der Waals surface area contributed by atoms with Gasteiger partial charge in [-0.25, -0.2) is 0 Å². The predicted octanol–water partition coefficient (Wildman–Crippen LogP) is 3.78. The first-order chi connectivity index (χ1) is 11.2. The van der Waals surface area contributed by atoms with Gasteiger partial charge in [0, 0.05) is 25.2 Å². The Labute approximate surface area is 141 Å². The largest absolute Gasteiger partial charge is 0.494 e. The number of nitrogens with two attached hydrogens (primary N) is 1. The summed E-state index contributed by atoms with van der Waals surface area (Å²) in [6.45, 7) is 7.33. The smallest absolute Gasteiger partial charge is 0.119 e. The highest BCUT2D eigenvalue weighted by Crippen LogP contribution is 2.37. The van der Waals surface area contributed by atoms with E-state index in [1.807, 2.05) is 6.92 Å². The molecule has 3 unspecified atom stereocenters. The molecule has 2 aliphatic rings. The summed E-state index contributed by atoms with van der Waals surface area (Å²) in [5.41, 5.74) is 7.83. The minimum absolute atomic E-state index is 0.300. The Hall–Kier alpha value is -1.06. The number of piperidine rings is 1. The van der Waals surface area contributed by atoms with Gasteiger partial charge >= 0.3 is 0 Å². The fourth-order valence-corrected chi connectivity index (χ4v) is 4.40. The molecule has 1 aromatic carbocycles. The normalized spacial score (nSPS) is 27.4. The van der Waals surface area contributed by atoms with E-state index < -0.39 is 0 Å². The van der Waals surface area contributed by atoms with Crippen LogP contribution in [-0.2, 0) is 0 Å². The van der Waals surface area contributed by atoms with Crippen LogP contribution in [0.1, 0.15) is 57.4 Å². The molecule has 0 radical (unpaired) electrons. The predicted molar refractivity (Wildman–Crippen MR) is 95.9 cm³/mol. The molecule has 3 rings (SSSR count). The molecule has 1 heterocycles. The highest BCUT2D eigenvalue weighted by molar-refractivity contribution is 5.30. The maximum Gasteiger partial charge on any atom is 0.119 e. The summed E-state index contributed by atoms with van der Waals surface area (Å²) in [5, 5.41) is 0. The van der Waals surface area contributed by atoms with E-state index in [4.69, 9.17) is 10.5 Å². The lowest BCUT2D eigenvalue weighted by Crippen LogP contribution is -2.53. The summed E-state index contributed by atoms with van der Waals surface area (Å²) < 4.78 is 5.56. The van der Waals surface area contributed by atoms with E-state index >= 15 is 0 Å². The van der Waals surface area contributed by atoms with Gasteiger partial charge < -0.3 is 10.5 Å². The van der Waals surface area contributed by atoms with E-state index in [-0.39, 0.29) is 0 Å². The van der Waals surface area contributed by atoms with E-state index in [0.29, 0.717) is 12.0 Å². The Balaban J connectivity index is 1.69. The Morgan fingerprint density at radius 1 is 1.17 bits per heavy atom. The molecule has 2 fully saturated rings. The second-order valence-corrected chi connectivity index (χ2v) is 7.32. The molecule has 3 heteroatoms. The van der Waals surface area contributed by atoms with Crippen LogP contribution in [0.25, 0.3) is 0 Å². The van der Waals surface area contributed by atoms with Crippen molar-refractivity contribution < 1.29 is 4.74 Å². The lowest BCUT2D eigenvalue weighted by atomic mass is 9.76. The Morgan fingerprint density at radius 3 is 2.48 bits per heavy atom. The average Bonchev–Trinajstić information content (AvgIpc) is 2.51. The third-order valence-corrected chi connectivity index (χ3v) is 5.75. The van der Waals surface area contributed by atoms with Crippen LogP contribution in [0, 0.1) is 5.92 Å². The number of nitrogens with zero attached hydrogens (tertiary/aromatic N) is 1. The zero-order valence-electron chi connectivity index (χ0n) is 14.7. The van der Waals surface area contributed by atoms with Crippen molar-refractivity contribution in [3.05, 3.63) is 29.8 Å². The number of ether oxygens (including phenoxy) is 1. The summed E-state index contributed by atoms with van der Waals surface area (Å²) in [5.74, 6) is 2.43. The fraction of sp³-hybridized carbons (Fsp3) is 0.700. The maximum atomic E-state index is 6.42. The molecule has 1 saturated carbocycles. The van der Waals surface area contributed by atoms with Gasteiger partial charge in [-0.15, -0.1) is 0 Å². The van der Waals surface area contributed by atoms with Crippen LogP contribution < -0.4 is 10.5 Å². The number of hydrogen-bond acceptors (Lipinski definition) is 3. The maximum absolute atomic E-state index is 6.42. The number of rotatable bonds is 6. The Kier molecular flexibility index (Phi) is 5.60. The molecule has 3 nitrogen and oxygen atoms in total. The van der Waals surface area contributed by atoms with Crippen LogP contribution in [0.5, 0.6) is 5.75 Å². The molecular weight excluding hydrogens is 284 g/mol. The molecule has 3 atom stereocenters. The monoisotopic (exact) mass is 316 g/mol. The number of hydrogen-bond donors (Lipinski definition) is 1. The molecule has 2 N–H and O–H groups in total. The molecule has 23 heavy (non-hydrogen) atoms. The molecule has 128 valence electrons. The van der Waals surface area contributed by atoms with Crippen molar-refractivity contribution in [3.8, 4) is 5.75 Å². The highest BCUT2D eigenvalue weighted by Gasteiger charge is 2.35. The van der Waals surface area contributed by atoms with Crippen LogP contribution in [0.3, 0.4) is 0 Å². The molecule has 1 aromatic rings. The first kappa shape index (κ1) is 16.8. The van der Waals surface area contributed by atoms with E-state index in [9.17, 15) is 0 Å². The van der Waals surface area contributed by atoms with Gasteiger partial charge in [0.25, 0.3) is 0 Å². The molecule has 1 saturated heterocycles. The fourth-order valence-electron chi connectivity index (χ4n) is 4.40. The second kappa shape index (κ2) is 7.67. The minimum Gasteiger partial charge on any atom is -0.494 e. The van der Waals surface area contributed by atoms with E-state index in [1.165, 1.54) is 31.2 Å². The number of likely N-dealkylation sites (tertiary alicyclic amines) is 1. The topological polar surface area (TPSA) is 38.5 Å². The van der Waals surface area contributed by atoms with E-state index in [1.54, 1.807) is 0 Å². The minimum atomic E-state index is 0.300. The molecular formula is C20H32N2O. The van der Waals surface area contributed by atoms with Crippen LogP contribution in [0.15, 0.2) is 24.3 Å². The molecule has 1 aliphatic heterocycles. The SMILES string of the molecule is CCOc1ccc(C2CC(N)CN(C(CC)C3CCC3)C2)cc1. The molecule has 1 aliphatic carbocycles. The van der Waals surface area contributed by atoms with Crippen molar-refractivity contribution in [2.45, 2.75) is 64.0 Å². The van der Waals surface area contributed by atoms with Gasteiger partial charge in [-0.05, 0) is 62.1 Å². The summed E-state index contributed by atoms with van der Waals surface area (Å²) in [4.78, 5) is 2.69. The number of benzene rings is 1. The lowest BCUT2D eigenvalue weighted by Gasteiger charge is -2.46. The van der Waals surface area contributed by atoms with Crippen molar-refractivity contribution in [1.82, 2.24) is 4.90 Å². The van der Waals surface area contributed by atoms with Crippen LogP contribution in [0.2, 0.25) is 0 Å². The third kappa shape index (κ3) is 3.89. The Morgan fingerprint density at radius 2 is 1.91 bits per heavy atom. The zero-order chi connectivity index (χ0) is 16.2. The summed E-state index contributed by atoms with van der Waals surface area (Å²) in [6.07, 6.45) is 6.61. The zero-order valence-corrected chi connectivity index (χ0v) is 14.7. The van der Waals surface area contributed by atoms with Crippen molar-refractivity contribution >= 4 is 0 Å². The van der Waals surface area contributed by atoms with Gasteiger partial charge in [-0.2, -0.15) is 0 Å². The third-order valence-electron chi connectivity index (χ3n) is 5.75. The van der Waals surface area contributed by atoms with Crippen molar-refractivity contribution in [3.63, 3.8) is 0 Å². The van der Waals surface area contributed by atoms with Crippen LogP contribution in [0.4, 0.5) is 0 Å². The van der Waals surface area contributed by atoms with Gasteiger partial charge in [0.1, 0.15) is 5.75 Å². The first-order valence-corrected chi connectivity index (χ1v) is 9.43. The highest BCUT2D eigenvalue weighted by atomic mass is 16.5. The lowest BCUT2D eigenvalue weighted by molar-refractivity contribution is 0.0605. The van der Waals surface area contributed by atoms with Gasteiger partial charge in [0.2, 0.25) is 0 Å². The van der Waals surface area contributed by atoms with Crippen LogP contribution in [-0.4, -0.2) is 36.7 Å². The molecule has 0 spiro atoms. The summed E-state index contributed by atoms with van der Waals surface area (Å²) >= 11 is 0. The molecule has 0 amide bonds. The van der Waals surface area contributed by atoms with E-state index in [2.05, 4.69) is 36.1 Å². The van der Waals surface area contributed by atoms with Crippen molar-refractivity contribution in [1.29, 1.82) is 0 Å². The van der Waals surface area contributed by atoms with Gasteiger partial charge in [-0.3, -0.25) is 4.90 Å². The first-order valence-electron chi connectivity index (χ1n) is 9.43. The van der Waals surface area contributed by atoms with E-state index in [0.717, 1.165) is 43.8 Å². The second-order valence-electron chi connectivity index (χ2n) is 7.32. The van der Waals surface area contributed by atoms with Gasteiger partial charge in [-0.1, -0.05) is 25.5 Å². The summed E-state index contributed by atoms with van der Waals surface area (Å²) in [7, 11) is 0. The quantitative estimate of drug-likeness (QED) is 0.868. The Bertz CT molecular complexity index is 483. The van der Waals surface area contributed by atoms with Crippen LogP contribution >= 0.6 is 0 Å². The average molecular weight is 316 g/mol. The standard InChI is InChI=1S/C20H32N2O/c1-3-20(16-6-5-7-16)22-13-17(12-18(21)14-22)15-8-10-19(11-9-15)23-4-2/h8-11,16-18,20H,3-7,12-14,21H2,1-2H3. The molecule has 0 bridgehead atoms. The molecule has 0 aromatic heterocycles. The van der Waals surface area contributed by atoms with Gasteiger partial charge in [0.05, 0.1) is 6.61 Å². The van der Waals surface area contributed by atoms with Crippen molar-refractivity contribution in [2.75, 3.05) is 19.7 Å². The van der Waals surface area contributed by atoms with Gasteiger partial charge in [0.15, 0.2) is 0 Å². The van der Waals surface area contributed by atoms with Crippen molar-refractivity contribution in [2.24, 2.45) is 11.7 Å².